The first-order valence-corrected chi connectivity index (χ1v) is 12.6. The van der Waals surface area contributed by atoms with Gasteiger partial charge in [0.1, 0.15) is 36.0 Å². The molecule has 0 bridgehead atoms. The zero-order valence-corrected chi connectivity index (χ0v) is 20.4. The average molecular weight is 463 g/mol. The molecule has 2 saturated heterocycles. The molecule has 1 unspecified atom stereocenters. The van der Waals surface area contributed by atoms with Crippen molar-refractivity contribution in [2.24, 2.45) is 5.92 Å². The Labute approximate surface area is 200 Å². The quantitative estimate of drug-likeness (QED) is 0.587. The van der Waals surface area contributed by atoms with Crippen LogP contribution >= 0.6 is 0 Å². The van der Waals surface area contributed by atoms with E-state index >= 15 is 0 Å². The van der Waals surface area contributed by atoms with E-state index in [2.05, 4.69) is 57.6 Å². The van der Waals surface area contributed by atoms with Crippen molar-refractivity contribution in [3.05, 3.63) is 24.8 Å². The molecule has 180 valence electrons. The number of rotatable bonds is 4. The molecule has 3 aliphatic rings. The van der Waals surface area contributed by atoms with E-state index in [1.807, 2.05) is 10.9 Å². The molecule has 0 saturated carbocycles. The maximum absolute atomic E-state index is 6.07. The van der Waals surface area contributed by atoms with Crippen LogP contribution in [0, 0.1) is 5.92 Å². The summed E-state index contributed by atoms with van der Waals surface area (Å²) in [6, 6.07) is 2.99. The van der Waals surface area contributed by atoms with E-state index in [1.165, 1.54) is 38.8 Å². The Bertz CT molecular complexity index is 1160. The molecule has 2 fully saturated rings. The summed E-state index contributed by atoms with van der Waals surface area (Å²) in [6.07, 6.45) is 10.6. The van der Waals surface area contributed by atoms with E-state index in [1.54, 1.807) is 6.33 Å². The van der Waals surface area contributed by atoms with Gasteiger partial charge in [0.25, 0.3) is 0 Å². The molecular weight excluding hydrogens is 428 g/mol. The molecular formula is C25H34N8O. The smallest absolute Gasteiger partial charge is 0.178 e. The molecule has 0 radical (unpaired) electrons. The van der Waals surface area contributed by atoms with Gasteiger partial charge in [-0.25, -0.2) is 19.6 Å². The van der Waals surface area contributed by atoms with Gasteiger partial charge in [-0.3, -0.25) is 0 Å². The molecule has 6 rings (SSSR count). The van der Waals surface area contributed by atoms with Crippen LogP contribution in [0.4, 0.5) is 5.82 Å². The first-order valence-electron chi connectivity index (χ1n) is 12.6. The van der Waals surface area contributed by atoms with Crippen molar-refractivity contribution >= 4 is 5.82 Å². The van der Waals surface area contributed by atoms with E-state index in [4.69, 9.17) is 14.7 Å². The standard InChI is InChI=1S/C25H34N8O/c1-17(2)33-25(27-16-28-33)20-15-31-11-12-34-22-14-26-23(13-19(22)24(31)29-20)32-8-4-5-21(32)18-6-9-30(3)10-7-18/h13-18,21H,4-12H2,1-3H3. The number of hydrogen-bond acceptors (Lipinski definition) is 7. The van der Waals surface area contributed by atoms with Gasteiger partial charge in [-0.1, -0.05) is 0 Å². The zero-order valence-electron chi connectivity index (χ0n) is 20.4. The maximum atomic E-state index is 6.07. The van der Waals surface area contributed by atoms with Gasteiger partial charge in [-0.15, -0.1) is 0 Å². The molecule has 0 N–H and O–H groups in total. The third-order valence-corrected chi connectivity index (χ3v) is 7.65. The Morgan fingerprint density at radius 2 is 1.88 bits per heavy atom. The minimum Gasteiger partial charge on any atom is -0.489 e. The van der Waals surface area contributed by atoms with E-state index < -0.39 is 0 Å². The van der Waals surface area contributed by atoms with Crippen LogP contribution in [-0.2, 0) is 6.54 Å². The summed E-state index contributed by atoms with van der Waals surface area (Å²) < 4.78 is 10.2. The Balaban J connectivity index is 1.35. The molecule has 1 atom stereocenters. The minimum absolute atomic E-state index is 0.220. The highest BCUT2D eigenvalue weighted by molar-refractivity contribution is 5.71. The first kappa shape index (κ1) is 21.6. The molecule has 0 aromatic carbocycles. The summed E-state index contributed by atoms with van der Waals surface area (Å²) in [5, 5.41) is 4.40. The summed E-state index contributed by atoms with van der Waals surface area (Å²) in [5.41, 5.74) is 1.86. The molecule has 0 amide bonds. The molecule has 3 aromatic rings. The number of ether oxygens (including phenoxy) is 1. The predicted molar refractivity (Wildman–Crippen MR) is 131 cm³/mol. The van der Waals surface area contributed by atoms with Gasteiger partial charge in [0.05, 0.1) is 18.3 Å². The van der Waals surface area contributed by atoms with Gasteiger partial charge >= 0.3 is 0 Å². The fourth-order valence-electron chi connectivity index (χ4n) is 5.83. The number of imidazole rings is 1. The summed E-state index contributed by atoms with van der Waals surface area (Å²) in [7, 11) is 2.23. The van der Waals surface area contributed by atoms with Crippen LogP contribution in [0.1, 0.15) is 45.6 Å². The number of anilines is 1. The lowest BCUT2D eigenvalue weighted by Gasteiger charge is -2.37. The molecule has 34 heavy (non-hydrogen) atoms. The summed E-state index contributed by atoms with van der Waals surface area (Å²) in [5.74, 6) is 4.31. The van der Waals surface area contributed by atoms with Crippen LogP contribution in [0.3, 0.4) is 0 Å². The van der Waals surface area contributed by atoms with E-state index in [0.717, 1.165) is 53.5 Å². The van der Waals surface area contributed by atoms with Gasteiger partial charge in [-0.05, 0) is 71.7 Å². The molecule has 6 heterocycles. The lowest BCUT2D eigenvalue weighted by atomic mass is 9.88. The molecule has 3 aromatic heterocycles. The molecule has 3 aliphatic heterocycles. The Morgan fingerprint density at radius 1 is 1.03 bits per heavy atom. The number of pyridine rings is 1. The SMILES string of the molecule is CC(C)n1ncnc1-c1cn2c(n1)-c1cc(N3CCCC3C3CCN(C)CC3)ncc1OCC2. The van der Waals surface area contributed by atoms with Crippen LogP contribution < -0.4 is 9.64 Å². The summed E-state index contributed by atoms with van der Waals surface area (Å²) >= 11 is 0. The highest BCUT2D eigenvalue weighted by atomic mass is 16.5. The minimum atomic E-state index is 0.220. The van der Waals surface area contributed by atoms with Crippen molar-refractivity contribution in [2.75, 3.05) is 38.2 Å². The Hall–Kier alpha value is -2.94. The van der Waals surface area contributed by atoms with Gasteiger partial charge in [0.15, 0.2) is 5.82 Å². The highest BCUT2D eigenvalue weighted by Gasteiger charge is 2.34. The van der Waals surface area contributed by atoms with Crippen LogP contribution in [0.2, 0.25) is 0 Å². The number of aromatic nitrogens is 6. The van der Waals surface area contributed by atoms with Crippen LogP contribution in [0.5, 0.6) is 5.75 Å². The van der Waals surface area contributed by atoms with Gasteiger partial charge in [0.2, 0.25) is 0 Å². The van der Waals surface area contributed by atoms with Crippen molar-refractivity contribution in [1.29, 1.82) is 0 Å². The normalized spacial score (nSPS) is 21.4. The van der Waals surface area contributed by atoms with Crippen molar-refractivity contribution in [1.82, 2.24) is 34.2 Å². The highest BCUT2D eigenvalue weighted by Crippen LogP contribution is 2.39. The molecule has 9 heteroatoms. The average Bonchev–Trinajstić information content (AvgIpc) is 3.58. The fourth-order valence-corrected chi connectivity index (χ4v) is 5.83. The van der Waals surface area contributed by atoms with Crippen molar-refractivity contribution in [3.8, 4) is 28.7 Å². The predicted octanol–water partition coefficient (Wildman–Crippen LogP) is 3.49. The second kappa shape index (κ2) is 8.69. The van der Waals surface area contributed by atoms with E-state index in [0.29, 0.717) is 12.6 Å². The number of fused-ring (bicyclic) bond motifs is 3. The van der Waals surface area contributed by atoms with Crippen molar-refractivity contribution in [2.45, 2.75) is 58.2 Å². The number of likely N-dealkylation sites (tertiary alicyclic amines) is 1. The fraction of sp³-hybridized carbons (Fsp3) is 0.600. The Kier molecular flexibility index (Phi) is 5.51. The third kappa shape index (κ3) is 3.76. The second-order valence-corrected chi connectivity index (χ2v) is 10.2. The summed E-state index contributed by atoms with van der Waals surface area (Å²) in [4.78, 5) is 19.4. The molecule has 9 nitrogen and oxygen atoms in total. The van der Waals surface area contributed by atoms with Gasteiger partial charge in [-0.2, -0.15) is 5.10 Å². The van der Waals surface area contributed by atoms with Crippen LogP contribution in [0.15, 0.2) is 24.8 Å². The maximum Gasteiger partial charge on any atom is 0.178 e. The zero-order chi connectivity index (χ0) is 23.2. The van der Waals surface area contributed by atoms with E-state index in [-0.39, 0.29) is 6.04 Å². The number of piperidine rings is 1. The number of hydrogen-bond donors (Lipinski definition) is 0. The lowest BCUT2D eigenvalue weighted by molar-refractivity contribution is 0.198. The van der Waals surface area contributed by atoms with Crippen molar-refractivity contribution < 1.29 is 4.74 Å². The van der Waals surface area contributed by atoms with Crippen LogP contribution in [0.25, 0.3) is 22.9 Å². The topological polar surface area (TPSA) is 77.1 Å². The number of nitrogens with zero attached hydrogens (tertiary/aromatic N) is 8. The Morgan fingerprint density at radius 3 is 2.71 bits per heavy atom. The largest absolute Gasteiger partial charge is 0.489 e. The van der Waals surface area contributed by atoms with Gasteiger partial charge < -0.3 is 19.1 Å². The third-order valence-electron chi connectivity index (χ3n) is 7.65. The monoisotopic (exact) mass is 462 g/mol. The van der Waals surface area contributed by atoms with Crippen molar-refractivity contribution in [3.63, 3.8) is 0 Å². The lowest BCUT2D eigenvalue weighted by Crippen LogP contribution is -2.42. The van der Waals surface area contributed by atoms with Crippen LogP contribution in [-0.4, -0.2) is 73.5 Å². The summed E-state index contributed by atoms with van der Waals surface area (Å²) in [6.45, 7) is 9.01. The van der Waals surface area contributed by atoms with E-state index in [9.17, 15) is 0 Å². The second-order valence-electron chi connectivity index (χ2n) is 10.2. The van der Waals surface area contributed by atoms with Gasteiger partial charge in [0, 0.05) is 24.8 Å². The first-order chi connectivity index (χ1) is 16.6. The molecule has 0 spiro atoms. The molecule has 0 aliphatic carbocycles.